The summed E-state index contributed by atoms with van der Waals surface area (Å²) in [6, 6.07) is 10.1. The van der Waals surface area contributed by atoms with Crippen LogP contribution in [0.5, 0.6) is 0 Å². The molecule has 1 amide bonds. The number of aliphatic imine (C=N–C) groups is 1. The number of benzene rings is 1. The Labute approximate surface area is 182 Å². The van der Waals surface area contributed by atoms with Crippen LogP contribution in [0.1, 0.15) is 23.2 Å². The maximum absolute atomic E-state index is 12.1. The third kappa shape index (κ3) is 8.70. The van der Waals surface area contributed by atoms with Gasteiger partial charge in [-0.1, -0.05) is 30.3 Å². The fourth-order valence-electron chi connectivity index (χ4n) is 2.46. The van der Waals surface area contributed by atoms with E-state index < -0.39 is 0 Å². The predicted molar refractivity (Wildman–Crippen MR) is 123 cm³/mol. The standard InChI is InChI=1S/C19H27N5OS.HI/c1-4-20-19(24(3)13-17-14-26-15(2)23-17)22-12-18(25)21-11-10-16-8-6-5-7-9-16;/h5-9,14H,4,10-13H2,1-3H3,(H,20,22)(H,21,25);1H. The first kappa shape index (κ1) is 23.4. The minimum Gasteiger partial charge on any atom is -0.357 e. The van der Waals surface area contributed by atoms with Crippen LogP contribution >= 0.6 is 35.3 Å². The molecular weight excluding hydrogens is 473 g/mol. The minimum atomic E-state index is -0.0748. The quantitative estimate of drug-likeness (QED) is 0.332. The number of thiazole rings is 1. The second-order valence-corrected chi connectivity index (χ2v) is 7.03. The third-order valence-corrected chi connectivity index (χ3v) is 4.54. The van der Waals surface area contributed by atoms with Gasteiger partial charge in [-0.05, 0) is 25.8 Å². The number of aryl methyl sites for hydroxylation is 1. The first-order valence-corrected chi connectivity index (χ1v) is 9.67. The lowest BCUT2D eigenvalue weighted by molar-refractivity contribution is -0.119. The average molecular weight is 501 g/mol. The summed E-state index contributed by atoms with van der Waals surface area (Å²) in [6.07, 6.45) is 0.819. The van der Waals surface area contributed by atoms with E-state index in [-0.39, 0.29) is 36.4 Å². The van der Waals surface area contributed by atoms with Crippen LogP contribution in [0.3, 0.4) is 0 Å². The van der Waals surface area contributed by atoms with E-state index in [1.807, 2.05) is 49.4 Å². The van der Waals surface area contributed by atoms with Gasteiger partial charge < -0.3 is 15.5 Å². The molecule has 1 heterocycles. The number of amides is 1. The van der Waals surface area contributed by atoms with Crippen molar-refractivity contribution in [2.24, 2.45) is 4.99 Å². The first-order valence-electron chi connectivity index (χ1n) is 8.79. The molecule has 0 saturated heterocycles. The van der Waals surface area contributed by atoms with Gasteiger partial charge in [-0.3, -0.25) is 4.79 Å². The van der Waals surface area contributed by atoms with E-state index in [9.17, 15) is 4.79 Å². The van der Waals surface area contributed by atoms with Gasteiger partial charge in [0.1, 0.15) is 6.54 Å². The van der Waals surface area contributed by atoms with Crippen molar-refractivity contribution in [2.45, 2.75) is 26.8 Å². The third-order valence-electron chi connectivity index (χ3n) is 3.71. The number of nitrogens with one attached hydrogen (secondary N) is 2. The SMILES string of the molecule is CCNC(=NCC(=O)NCCc1ccccc1)N(C)Cc1csc(C)n1.I. The Kier molecular flexibility index (Phi) is 11.0. The Morgan fingerprint density at radius 1 is 1.26 bits per heavy atom. The van der Waals surface area contributed by atoms with Crippen LogP contribution in [0.25, 0.3) is 0 Å². The predicted octanol–water partition coefficient (Wildman–Crippen LogP) is 2.83. The molecule has 2 aromatic rings. The number of hydrogen-bond donors (Lipinski definition) is 2. The normalized spacial score (nSPS) is 10.9. The number of nitrogens with zero attached hydrogens (tertiary/aromatic N) is 3. The molecule has 0 saturated carbocycles. The number of carbonyl (C=O) groups is 1. The van der Waals surface area contributed by atoms with Gasteiger partial charge in [0.25, 0.3) is 0 Å². The van der Waals surface area contributed by atoms with Crippen LogP contribution in [0.4, 0.5) is 0 Å². The lowest BCUT2D eigenvalue weighted by Crippen LogP contribution is -2.39. The van der Waals surface area contributed by atoms with Gasteiger partial charge in [0, 0.05) is 25.5 Å². The van der Waals surface area contributed by atoms with Crippen molar-refractivity contribution < 1.29 is 4.79 Å². The molecule has 0 aliphatic heterocycles. The zero-order valence-corrected chi connectivity index (χ0v) is 19.2. The molecule has 0 unspecified atom stereocenters. The number of aromatic nitrogens is 1. The van der Waals surface area contributed by atoms with Crippen LogP contribution in [0, 0.1) is 6.92 Å². The molecule has 2 N–H and O–H groups in total. The molecule has 148 valence electrons. The monoisotopic (exact) mass is 501 g/mol. The zero-order chi connectivity index (χ0) is 18.8. The molecule has 0 radical (unpaired) electrons. The van der Waals surface area contributed by atoms with Gasteiger partial charge in [0.15, 0.2) is 5.96 Å². The number of guanidine groups is 1. The summed E-state index contributed by atoms with van der Waals surface area (Å²) in [7, 11) is 1.95. The topological polar surface area (TPSA) is 69.6 Å². The maximum atomic E-state index is 12.1. The molecule has 6 nitrogen and oxygen atoms in total. The molecule has 0 spiro atoms. The fraction of sp³-hybridized carbons (Fsp3) is 0.421. The van der Waals surface area contributed by atoms with Crippen LogP contribution < -0.4 is 10.6 Å². The molecule has 0 aliphatic carbocycles. The van der Waals surface area contributed by atoms with Gasteiger partial charge in [-0.15, -0.1) is 35.3 Å². The second-order valence-electron chi connectivity index (χ2n) is 5.97. The van der Waals surface area contributed by atoms with Crippen molar-refractivity contribution in [1.29, 1.82) is 0 Å². The van der Waals surface area contributed by atoms with Gasteiger partial charge in [0.2, 0.25) is 5.91 Å². The van der Waals surface area contributed by atoms with Gasteiger partial charge in [-0.2, -0.15) is 0 Å². The van der Waals surface area contributed by atoms with E-state index in [1.54, 1.807) is 11.3 Å². The van der Waals surface area contributed by atoms with Crippen molar-refractivity contribution in [3.63, 3.8) is 0 Å². The summed E-state index contributed by atoms with van der Waals surface area (Å²) in [5.41, 5.74) is 2.22. The van der Waals surface area contributed by atoms with E-state index in [4.69, 9.17) is 0 Å². The highest BCUT2D eigenvalue weighted by molar-refractivity contribution is 14.0. The summed E-state index contributed by atoms with van der Waals surface area (Å²) >= 11 is 1.63. The summed E-state index contributed by atoms with van der Waals surface area (Å²) in [4.78, 5) is 22.9. The Morgan fingerprint density at radius 2 is 2.00 bits per heavy atom. The average Bonchev–Trinajstić information content (AvgIpc) is 3.04. The Balaban J connectivity index is 0.00000364. The molecule has 1 aromatic heterocycles. The van der Waals surface area contributed by atoms with E-state index in [2.05, 4.69) is 32.7 Å². The first-order chi connectivity index (χ1) is 12.6. The van der Waals surface area contributed by atoms with Crippen molar-refractivity contribution in [3.05, 3.63) is 52.0 Å². The Hall–Kier alpha value is -1.68. The molecule has 0 atom stereocenters. The van der Waals surface area contributed by atoms with Crippen LogP contribution in [0.2, 0.25) is 0 Å². The van der Waals surface area contributed by atoms with Gasteiger partial charge in [0.05, 0.1) is 17.2 Å². The van der Waals surface area contributed by atoms with Crippen molar-refractivity contribution in [3.8, 4) is 0 Å². The number of hydrogen-bond acceptors (Lipinski definition) is 4. The molecule has 8 heteroatoms. The highest BCUT2D eigenvalue weighted by atomic mass is 127. The molecule has 1 aromatic carbocycles. The van der Waals surface area contributed by atoms with Crippen LogP contribution in [-0.4, -0.2) is 48.4 Å². The highest BCUT2D eigenvalue weighted by Crippen LogP contribution is 2.09. The molecule has 0 aliphatic rings. The number of halogens is 1. The maximum Gasteiger partial charge on any atom is 0.241 e. The fourth-order valence-corrected chi connectivity index (χ4v) is 3.07. The summed E-state index contributed by atoms with van der Waals surface area (Å²) < 4.78 is 0. The summed E-state index contributed by atoms with van der Waals surface area (Å²) in [6.45, 7) is 6.13. The molecule has 2 rings (SSSR count). The molecule has 27 heavy (non-hydrogen) atoms. The zero-order valence-electron chi connectivity index (χ0n) is 16.1. The van der Waals surface area contributed by atoms with Crippen molar-refractivity contribution >= 4 is 47.2 Å². The second kappa shape index (κ2) is 12.7. The summed E-state index contributed by atoms with van der Waals surface area (Å²) in [5, 5.41) is 9.23. The van der Waals surface area contributed by atoms with Crippen molar-refractivity contribution in [2.75, 3.05) is 26.7 Å². The molecular formula is C19H28IN5OS. The van der Waals surface area contributed by atoms with Gasteiger partial charge >= 0.3 is 0 Å². The van der Waals surface area contributed by atoms with Crippen molar-refractivity contribution in [1.82, 2.24) is 20.5 Å². The van der Waals surface area contributed by atoms with E-state index in [0.29, 0.717) is 19.0 Å². The Morgan fingerprint density at radius 3 is 2.63 bits per heavy atom. The van der Waals surface area contributed by atoms with Gasteiger partial charge in [-0.25, -0.2) is 9.98 Å². The number of carbonyl (C=O) groups excluding carboxylic acids is 1. The Bertz CT molecular complexity index is 720. The number of rotatable bonds is 8. The van der Waals surface area contributed by atoms with E-state index in [0.717, 1.165) is 23.7 Å². The lowest BCUT2D eigenvalue weighted by atomic mass is 10.1. The highest BCUT2D eigenvalue weighted by Gasteiger charge is 2.09. The minimum absolute atomic E-state index is 0. The van der Waals surface area contributed by atoms with Crippen LogP contribution in [0.15, 0.2) is 40.7 Å². The molecule has 0 fully saturated rings. The van der Waals surface area contributed by atoms with Crippen LogP contribution in [-0.2, 0) is 17.8 Å². The smallest absolute Gasteiger partial charge is 0.241 e. The largest absolute Gasteiger partial charge is 0.357 e. The van der Waals surface area contributed by atoms with E-state index in [1.165, 1.54) is 5.56 Å². The lowest BCUT2D eigenvalue weighted by Gasteiger charge is -2.21. The van der Waals surface area contributed by atoms with E-state index >= 15 is 0 Å². The molecule has 0 bridgehead atoms. The summed E-state index contributed by atoms with van der Waals surface area (Å²) in [5.74, 6) is 0.630.